The summed E-state index contributed by atoms with van der Waals surface area (Å²) in [6.45, 7) is 1.98. The molecular formula is C26H26N6O7. The third-order valence-electron chi connectivity index (χ3n) is 5.32. The van der Waals surface area contributed by atoms with Crippen molar-refractivity contribution < 1.29 is 33.3 Å². The van der Waals surface area contributed by atoms with E-state index in [9.17, 15) is 14.4 Å². The van der Waals surface area contributed by atoms with Gasteiger partial charge in [-0.05, 0) is 29.3 Å². The van der Waals surface area contributed by atoms with E-state index in [2.05, 4.69) is 30.0 Å². The lowest BCUT2D eigenvalue weighted by molar-refractivity contribution is 0.0585. The Labute approximate surface area is 223 Å². The van der Waals surface area contributed by atoms with Crippen LogP contribution < -0.4 is 20.5 Å². The zero-order valence-electron chi connectivity index (χ0n) is 21.8. The summed E-state index contributed by atoms with van der Waals surface area (Å²) >= 11 is 0. The Kier molecular flexibility index (Phi) is 9.24. The maximum Gasteiger partial charge on any atom is 0.360 e. The highest BCUT2D eigenvalue weighted by atomic mass is 16.5. The van der Waals surface area contributed by atoms with E-state index in [1.165, 1.54) is 40.8 Å². The first-order valence-corrected chi connectivity index (χ1v) is 11.3. The van der Waals surface area contributed by atoms with Gasteiger partial charge in [-0.3, -0.25) is 4.79 Å². The molecule has 0 radical (unpaired) electrons. The third-order valence-corrected chi connectivity index (χ3v) is 5.32. The van der Waals surface area contributed by atoms with Gasteiger partial charge in [0.15, 0.2) is 23.0 Å². The van der Waals surface area contributed by atoms with Crippen LogP contribution in [0, 0.1) is 6.92 Å². The van der Waals surface area contributed by atoms with Crippen molar-refractivity contribution in [3.63, 3.8) is 0 Å². The second kappa shape index (κ2) is 12.8. The molecule has 0 spiro atoms. The number of carbonyl (C=O) groups is 3. The molecule has 4 aromatic rings. The molecule has 2 aromatic heterocycles. The Morgan fingerprint density at radius 2 is 1.33 bits per heavy atom. The van der Waals surface area contributed by atoms with Crippen LogP contribution >= 0.6 is 0 Å². The minimum absolute atomic E-state index is 0.00676. The van der Waals surface area contributed by atoms with Crippen molar-refractivity contribution in [3.05, 3.63) is 71.3 Å². The summed E-state index contributed by atoms with van der Waals surface area (Å²) < 4.78 is 18.9. The highest BCUT2D eigenvalue weighted by Crippen LogP contribution is 2.24. The Bertz CT molecular complexity index is 1530. The Morgan fingerprint density at radius 1 is 0.769 bits per heavy atom. The van der Waals surface area contributed by atoms with Crippen molar-refractivity contribution in [3.8, 4) is 11.8 Å². The molecule has 0 aliphatic carbocycles. The number of nitrogen functional groups attached to an aromatic ring is 1. The number of ether oxygens (including phenoxy) is 4. The summed E-state index contributed by atoms with van der Waals surface area (Å²) in [5.74, 6) is -1.37. The molecule has 0 unspecified atom stereocenters. The van der Waals surface area contributed by atoms with Crippen LogP contribution in [0.2, 0.25) is 0 Å². The van der Waals surface area contributed by atoms with E-state index >= 15 is 0 Å². The molecule has 13 nitrogen and oxygen atoms in total. The minimum Gasteiger partial charge on any atom is -0.480 e. The SMILES string of the molecule is COC(=O)c1nc(OC)cnc1N.COC(=O)c1nc(OC)cnc1NC(=O)c1ccc(C)c2ccccc12. The topological polar surface area (TPSA) is 178 Å². The van der Waals surface area contributed by atoms with Crippen LogP contribution in [0.5, 0.6) is 11.8 Å². The van der Waals surface area contributed by atoms with Crippen LogP contribution in [-0.2, 0) is 9.47 Å². The zero-order valence-corrected chi connectivity index (χ0v) is 21.8. The molecule has 1 amide bonds. The number of aromatic nitrogens is 4. The summed E-state index contributed by atoms with van der Waals surface area (Å²) in [5, 5.41) is 4.43. The minimum atomic E-state index is -0.722. The summed E-state index contributed by atoms with van der Waals surface area (Å²) in [5.41, 5.74) is 6.76. The largest absolute Gasteiger partial charge is 0.480 e. The number of nitrogens with one attached hydrogen (secondary N) is 1. The monoisotopic (exact) mass is 534 g/mol. The summed E-state index contributed by atoms with van der Waals surface area (Å²) in [6.07, 6.45) is 2.64. The molecule has 0 atom stereocenters. The molecule has 3 N–H and O–H groups in total. The number of carbonyl (C=O) groups excluding carboxylic acids is 3. The van der Waals surface area contributed by atoms with Gasteiger partial charge in [-0.25, -0.2) is 29.5 Å². The van der Waals surface area contributed by atoms with Gasteiger partial charge in [0.1, 0.15) is 0 Å². The molecule has 0 saturated heterocycles. The van der Waals surface area contributed by atoms with Crippen molar-refractivity contribution >= 4 is 40.3 Å². The Hall–Kier alpha value is -5.33. The first-order valence-electron chi connectivity index (χ1n) is 11.3. The lowest BCUT2D eigenvalue weighted by Crippen LogP contribution is -2.18. The van der Waals surface area contributed by atoms with Gasteiger partial charge in [0.2, 0.25) is 11.8 Å². The van der Waals surface area contributed by atoms with Gasteiger partial charge >= 0.3 is 11.9 Å². The molecule has 0 bridgehead atoms. The number of benzene rings is 2. The van der Waals surface area contributed by atoms with Crippen molar-refractivity contribution in [2.24, 2.45) is 0 Å². The van der Waals surface area contributed by atoms with Gasteiger partial charge in [-0.2, -0.15) is 0 Å². The molecule has 0 fully saturated rings. The second-order valence-corrected chi connectivity index (χ2v) is 7.67. The van der Waals surface area contributed by atoms with E-state index < -0.39 is 17.8 Å². The molecule has 39 heavy (non-hydrogen) atoms. The lowest BCUT2D eigenvalue weighted by atomic mass is 10.00. The van der Waals surface area contributed by atoms with Crippen LogP contribution in [0.3, 0.4) is 0 Å². The molecule has 0 saturated carbocycles. The first-order chi connectivity index (χ1) is 18.7. The third kappa shape index (κ3) is 6.52. The number of hydrogen-bond acceptors (Lipinski definition) is 12. The molecule has 4 rings (SSSR count). The maximum atomic E-state index is 12.8. The maximum absolute atomic E-state index is 12.8. The fourth-order valence-corrected chi connectivity index (χ4v) is 3.35. The fourth-order valence-electron chi connectivity index (χ4n) is 3.35. The molecule has 2 aromatic carbocycles. The van der Waals surface area contributed by atoms with Crippen LogP contribution in [0.15, 0.2) is 48.8 Å². The van der Waals surface area contributed by atoms with Crippen LogP contribution in [0.4, 0.5) is 11.6 Å². The Balaban J connectivity index is 0.000000272. The number of nitrogens with two attached hydrogens (primary N) is 1. The quantitative estimate of drug-likeness (QED) is 0.346. The van der Waals surface area contributed by atoms with Gasteiger partial charge in [0.05, 0.1) is 40.8 Å². The summed E-state index contributed by atoms with van der Waals surface area (Å²) in [6, 6.07) is 11.2. The predicted octanol–water partition coefficient (Wildman–Crippen LogP) is 2.84. The smallest absolute Gasteiger partial charge is 0.360 e. The van der Waals surface area contributed by atoms with Gasteiger partial charge in [0, 0.05) is 5.56 Å². The fraction of sp³-hybridized carbons (Fsp3) is 0.192. The second-order valence-electron chi connectivity index (χ2n) is 7.67. The van der Waals surface area contributed by atoms with Crippen LogP contribution in [-0.4, -0.2) is 66.2 Å². The van der Waals surface area contributed by atoms with E-state index in [4.69, 9.17) is 19.9 Å². The molecule has 0 aliphatic heterocycles. The van der Waals surface area contributed by atoms with E-state index in [1.54, 1.807) is 6.07 Å². The average Bonchev–Trinajstić information content (AvgIpc) is 2.97. The number of anilines is 2. The highest BCUT2D eigenvalue weighted by Gasteiger charge is 2.20. The number of methoxy groups -OCH3 is 4. The van der Waals surface area contributed by atoms with E-state index in [0.717, 1.165) is 16.3 Å². The first kappa shape index (κ1) is 28.2. The summed E-state index contributed by atoms with van der Waals surface area (Å²) in [4.78, 5) is 51.3. The van der Waals surface area contributed by atoms with Crippen molar-refractivity contribution in [2.45, 2.75) is 6.92 Å². The zero-order chi connectivity index (χ0) is 28.5. The normalized spacial score (nSPS) is 10.1. The highest BCUT2D eigenvalue weighted by molar-refractivity contribution is 6.14. The van der Waals surface area contributed by atoms with Crippen molar-refractivity contribution in [1.29, 1.82) is 0 Å². The van der Waals surface area contributed by atoms with Gasteiger partial charge in [-0.1, -0.05) is 30.3 Å². The van der Waals surface area contributed by atoms with Gasteiger partial charge in [0.25, 0.3) is 5.91 Å². The molecular weight excluding hydrogens is 508 g/mol. The van der Waals surface area contributed by atoms with Crippen molar-refractivity contribution in [2.75, 3.05) is 39.5 Å². The number of hydrogen-bond donors (Lipinski definition) is 2. The van der Waals surface area contributed by atoms with Gasteiger partial charge in [-0.15, -0.1) is 0 Å². The molecule has 13 heteroatoms. The summed E-state index contributed by atoms with van der Waals surface area (Å²) in [7, 11) is 5.29. The number of fused-ring (bicyclic) bond motifs is 1. The number of rotatable bonds is 6. The standard InChI is InChI=1S/C19H17N3O4.C7H9N3O3/c1-11-8-9-14(13-7-5-4-6-12(11)13)18(23)22-17-16(19(24)26-3)21-15(25-2)10-20-17;1-12-4-3-9-6(8)5(10-4)7(11)13-2/h4-10H,1-3H3,(H,20,22,23);3H,1-2H3,(H2,8,9). The van der Waals surface area contributed by atoms with Crippen LogP contribution in [0.25, 0.3) is 10.8 Å². The lowest BCUT2D eigenvalue weighted by Gasteiger charge is -2.11. The van der Waals surface area contributed by atoms with E-state index in [-0.39, 0.29) is 34.8 Å². The number of esters is 2. The van der Waals surface area contributed by atoms with E-state index in [0.29, 0.717) is 5.56 Å². The number of nitrogens with zero attached hydrogens (tertiary/aromatic N) is 4. The average molecular weight is 535 g/mol. The molecule has 0 aliphatic rings. The van der Waals surface area contributed by atoms with Crippen molar-refractivity contribution in [1.82, 2.24) is 19.9 Å². The predicted molar refractivity (Wildman–Crippen MR) is 141 cm³/mol. The number of aryl methyl sites for hydroxylation is 1. The number of amides is 1. The molecule has 2 heterocycles. The van der Waals surface area contributed by atoms with Gasteiger partial charge < -0.3 is 30.0 Å². The van der Waals surface area contributed by atoms with E-state index in [1.807, 2.05) is 37.3 Å². The van der Waals surface area contributed by atoms with Crippen LogP contribution in [0.1, 0.15) is 36.9 Å². The molecule has 202 valence electrons. The Morgan fingerprint density at radius 3 is 1.95 bits per heavy atom.